The third-order valence-electron chi connectivity index (χ3n) is 3.38. The maximum absolute atomic E-state index is 13.5. The van der Waals surface area contributed by atoms with E-state index in [1.54, 1.807) is 0 Å². The van der Waals surface area contributed by atoms with Crippen molar-refractivity contribution >= 4 is 12.0 Å². The smallest absolute Gasteiger partial charge is 0.407 e. The van der Waals surface area contributed by atoms with Gasteiger partial charge in [0.25, 0.3) is 5.92 Å². The van der Waals surface area contributed by atoms with Crippen molar-refractivity contribution in [2.75, 3.05) is 19.6 Å². The van der Waals surface area contributed by atoms with Gasteiger partial charge < -0.3 is 10.0 Å². The van der Waals surface area contributed by atoms with Crippen LogP contribution in [0.25, 0.3) is 0 Å². The lowest BCUT2D eigenvalue weighted by Crippen LogP contribution is -2.58. The molecule has 1 saturated heterocycles. The van der Waals surface area contributed by atoms with Crippen LogP contribution in [-0.4, -0.2) is 58.5 Å². The number of hydrogen-bond donors (Lipinski definition) is 1. The Hall–Kier alpha value is -1.40. The number of hydrogen-bond acceptors (Lipinski definition) is 2. The second-order valence-corrected chi connectivity index (χ2v) is 4.46. The van der Waals surface area contributed by atoms with Gasteiger partial charge in [-0.3, -0.25) is 9.69 Å². The van der Waals surface area contributed by atoms with Gasteiger partial charge >= 0.3 is 6.09 Å². The molecular weight excluding hydrogens is 234 g/mol. The predicted octanol–water partition coefficient (Wildman–Crippen LogP) is 0.996. The van der Waals surface area contributed by atoms with Crippen LogP contribution in [0.1, 0.15) is 19.3 Å². The molecule has 2 amide bonds. The number of carbonyl (C=O) groups is 2. The Bertz CT molecular complexity index is 348. The summed E-state index contributed by atoms with van der Waals surface area (Å²) >= 11 is 0. The van der Waals surface area contributed by atoms with Crippen LogP contribution in [-0.2, 0) is 4.79 Å². The van der Waals surface area contributed by atoms with Gasteiger partial charge in [0, 0.05) is 19.5 Å². The first kappa shape index (κ1) is 12.1. The fourth-order valence-electron chi connectivity index (χ4n) is 2.47. The lowest BCUT2D eigenvalue weighted by molar-refractivity contribution is -0.147. The number of nitrogens with zero attached hydrogens (tertiary/aromatic N) is 2. The molecule has 1 N–H and O–H groups in total. The normalized spacial score (nSPS) is 28.6. The number of amides is 2. The molecule has 1 saturated carbocycles. The van der Waals surface area contributed by atoms with Gasteiger partial charge in [0.2, 0.25) is 5.91 Å². The zero-order valence-corrected chi connectivity index (χ0v) is 9.23. The van der Waals surface area contributed by atoms with Crippen LogP contribution in [0.3, 0.4) is 0 Å². The lowest BCUT2D eigenvalue weighted by Gasteiger charge is -2.38. The zero-order valence-electron chi connectivity index (χ0n) is 9.23. The van der Waals surface area contributed by atoms with Gasteiger partial charge in [0.15, 0.2) is 0 Å². The van der Waals surface area contributed by atoms with Gasteiger partial charge in [-0.25, -0.2) is 13.6 Å². The SMILES string of the molecule is O=C(O)N1CCN(C2CCCC2(F)F)C(=O)C1. The van der Waals surface area contributed by atoms with Crippen molar-refractivity contribution in [2.45, 2.75) is 31.2 Å². The monoisotopic (exact) mass is 248 g/mol. The molecule has 0 radical (unpaired) electrons. The predicted molar refractivity (Wildman–Crippen MR) is 53.9 cm³/mol. The number of carboxylic acid groups (broad SMARTS) is 1. The molecule has 0 bridgehead atoms. The summed E-state index contributed by atoms with van der Waals surface area (Å²) in [6.07, 6.45) is -0.670. The second-order valence-electron chi connectivity index (χ2n) is 4.46. The highest BCUT2D eigenvalue weighted by molar-refractivity contribution is 5.83. The summed E-state index contributed by atoms with van der Waals surface area (Å²) in [5.74, 6) is -3.36. The number of piperazine rings is 1. The Morgan fingerprint density at radius 3 is 2.59 bits per heavy atom. The molecule has 0 aromatic rings. The molecule has 1 aliphatic heterocycles. The second kappa shape index (κ2) is 4.12. The first-order valence-electron chi connectivity index (χ1n) is 5.57. The molecule has 0 spiro atoms. The Balaban J connectivity index is 2.05. The topological polar surface area (TPSA) is 60.9 Å². The molecular formula is C10H14F2N2O3. The number of carbonyl (C=O) groups excluding carboxylic acids is 1. The van der Waals surface area contributed by atoms with Crippen molar-refractivity contribution in [3.63, 3.8) is 0 Å². The van der Waals surface area contributed by atoms with E-state index in [0.29, 0.717) is 12.8 Å². The molecule has 2 fully saturated rings. The first-order valence-corrected chi connectivity index (χ1v) is 5.57. The van der Waals surface area contributed by atoms with Crippen LogP contribution in [0.4, 0.5) is 13.6 Å². The first-order chi connectivity index (χ1) is 7.92. The molecule has 1 heterocycles. The summed E-state index contributed by atoms with van der Waals surface area (Å²) in [5, 5.41) is 8.72. The maximum Gasteiger partial charge on any atom is 0.407 e. The standard InChI is InChI=1S/C10H14F2N2O3/c11-10(12)3-1-2-7(10)14-5-4-13(9(16)17)6-8(14)15/h7H,1-6H2,(H,16,17). The third kappa shape index (κ3) is 2.18. The van der Waals surface area contributed by atoms with Crippen molar-refractivity contribution in [1.82, 2.24) is 9.80 Å². The van der Waals surface area contributed by atoms with E-state index in [2.05, 4.69) is 0 Å². The molecule has 7 heteroatoms. The van der Waals surface area contributed by atoms with E-state index >= 15 is 0 Å². The average Bonchev–Trinajstić information content (AvgIpc) is 2.58. The van der Waals surface area contributed by atoms with E-state index in [9.17, 15) is 18.4 Å². The highest BCUT2D eigenvalue weighted by Gasteiger charge is 2.49. The van der Waals surface area contributed by atoms with Crippen LogP contribution < -0.4 is 0 Å². The average molecular weight is 248 g/mol. The maximum atomic E-state index is 13.5. The minimum absolute atomic E-state index is 0.0609. The van der Waals surface area contributed by atoms with Gasteiger partial charge in [0.05, 0.1) is 6.04 Å². The quantitative estimate of drug-likeness (QED) is 0.753. The van der Waals surface area contributed by atoms with Crippen LogP contribution in [0, 0.1) is 0 Å². The van der Waals surface area contributed by atoms with Crippen LogP contribution in [0.2, 0.25) is 0 Å². The van der Waals surface area contributed by atoms with E-state index in [1.165, 1.54) is 0 Å². The van der Waals surface area contributed by atoms with Gasteiger partial charge in [-0.1, -0.05) is 0 Å². The molecule has 1 aliphatic carbocycles. The van der Waals surface area contributed by atoms with Crippen molar-refractivity contribution in [3.8, 4) is 0 Å². The summed E-state index contributed by atoms with van der Waals surface area (Å²) in [4.78, 5) is 24.4. The zero-order chi connectivity index (χ0) is 12.6. The third-order valence-corrected chi connectivity index (χ3v) is 3.38. The summed E-state index contributed by atoms with van der Waals surface area (Å²) in [6, 6.07) is -1.05. The lowest BCUT2D eigenvalue weighted by atomic mass is 10.1. The molecule has 17 heavy (non-hydrogen) atoms. The molecule has 96 valence electrons. The Labute approximate surface area is 97.0 Å². The van der Waals surface area contributed by atoms with Crippen molar-refractivity contribution < 1.29 is 23.5 Å². The van der Waals surface area contributed by atoms with E-state index in [0.717, 1.165) is 9.80 Å². The Morgan fingerprint density at radius 1 is 1.41 bits per heavy atom. The van der Waals surface area contributed by atoms with Crippen molar-refractivity contribution in [2.24, 2.45) is 0 Å². The van der Waals surface area contributed by atoms with Crippen LogP contribution in [0.15, 0.2) is 0 Å². The number of alkyl halides is 2. The Kier molecular flexibility index (Phi) is 2.92. The van der Waals surface area contributed by atoms with Gasteiger partial charge in [0.1, 0.15) is 6.54 Å². The summed E-state index contributed by atoms with van der Waals surface area (Å²) in [7, 11) is 0. The van der Waals surface area contributed by atoms with Crippen LogP contribution in [0.5, 0.6) is 0 Å². The largest absolute Gasteiger partial charge is 0.465 e. The van der Waals surface area contributed by atoms with Crippen molar-refractivity contribution in [1.29, 1.82) is 0 Å². The fraction of sp³-hybridized carbons (Fsp3) is 0.800. The highest BCUT2D eigenvalue weighted by atomic mass is 19.3. The van der Waals surface area contributed by atoms with Crippen LogP contribution >= 0.6 is 0 Å². The summed E-state index contributed by atoms with van der Waals surface area (Å²) in [6.45, 7) is -0.152. The van der Waals surface area contributed by atoms with E-state index in [1.807, 2.05) is 0 Å². The number of rotatable bonds is 1. The minimum atomic E-state index is -2.83. The molecule has 0 aromatic heterocycles. The van der Waals surface area contributed by atoms with Gasteiger partial charge in [-0.15, -0.1) is 0 Å². The highest BCUT2D eigenvalue weighted by Crippen LogP contribution is 2.38. The van der Waals surface area contributed by atoms with Gasteiger partial charge in [-0.2, -0.15) is 0 Å². The molecule has 5 nitrogen and oxygen atoms in total. The molecule has 1 unspecified atom stereocenters. The van der Waals surface area contributed by atoms with E-state index in [-0.39, 0.29) is 26.1 Å². The fourth-order valence-corrected chi connectivity index (χ4v) is 2.47. The minimum Gasteiger partial charge on any atom is -0.465 e. The summed E-state index contributed by atoms with van der Waals surface area (Å²) in [5.41, 5.74) is 0. The van der Waals surface area contributed by atoms with E-state index < -0.39 is 24.0 Å². The molecule has 0 aromatic carbocycles. The molecule has 1 atom stereocenters. The van der Waals surface area contributed by atoms with E-state index in [4.69, 9.17) is 5.11 Å². The van der Waals surface area contributed by atoms with Crippen molar-refractivity contribution in [3.05, 3.63) is 0 Å². The Morgan fingerprint density at radius 2 is 2.12 bits per heavy atom. The number of halogens is 2. The molecule has 2 rings (SSSR count). The van der Waals surface area contributed by atoms with Gasteiger partial charge in [-0.05, 0) is 12.8 Å². The molecule has 2 aliphatic rings. The summed E-state index contributed by atoms with van der Waals surface area (Å²) < 4.78 is 27.0.